The van der Waals surface area contributed by atoms with Crippen LogP contribution >= 0.6 is 0 Å². The largest absolute Gasteiger partial charge is 0.353 e. The molecule has 1 aliphatic heterocycles. The van der Waals surface area contributed by atoms with Gasteiger partial charge in [0.05, 0.1) is 11.3 Å². The van der Waals surface area contributed by atoms with E-state index in [-0.39, 0.29) is 5.91 Å². The third kappa shape index (κ3) is 3.90. The van der Waals surface area contributed by atoms with Crippen LogP contribution in [-0.4, -0.2) is 56.7 Å². The summed E-state index contributed by atoms with van der Waals surface area (Å²) < 4.78 is 1.76. The third-order valence-corrected chi connectivity index (χ3v) is 5.44. The Morgan fingerprint density at radius 1 is 0.839 bits per heavy atom. The van der Waals surface area contributed by atoms with Gasteiger partial charge in [0, 0.05) is 56.5 Å². The van der Waals surface area contributed by atoms with Crippen molar-refractivity contribution in [3.63, 3.8) is 0 Å². The molecule has 0 aliphatic carbocycles. The molecule has 7 nitrogen and oxygen atoms in total. The van der Waals surface area contributed by atoms with Gasteiger partial charge in [0.2, 0.25) is 0 Å². The molecule has 154 valence electrons. The zero-order valence-electron chi connectivity index (χ0n) is 17.0. The maximum atomic E-state index is 13.5. The maximum absolute atomic E-state index is 13.5. The first-order valence-corrected chi connectivity index (χ1v) is 10.3. The number of nitrogens with zero attached hydrogens (tertiary/aromatic N) is 6. The number of pyridine rings is 2. The van der Waals surface area contributed by atoms with Crippen molar-refractivity contribution in [2.24, 2.45) is 0 Å². The average molecular weight is 410 g/mol. The Balaban J connectivity index is 1.42. The minimum Gasteiger partial charge on any atom is -0.353 e. The first-order valence-electron chi connectivity index (χ1n) is 10.3. The Kier molecular flexibility index (Phi) is 5.14. The summed E-state index contributed by atoms with van der Waals surface area (Å²) in [4.78, 5) is 26.2. The Labute approximate surface area is 180 Å². The number of anilines is 1. The number of para-hydroxylation sites is 1. The first-order chi connectivity index (χ1) is 15.3. The number of benzene rings is 1. The zero-order valence-corrected chi connectivity index (χ0v) is 17.0. The monoisotopic (exact) mass is 410 g/mol. The van der Waals surface area contributed by atoms with Gasteiger partial charge in [0.1, 0.15) is 11.5 Å². The van der Waals surface area contributed by atoms with Crippen LogP contribution < -0.4 is 4.90 Å². The predicted molar refractivity (Wildman–Crippen MR) is 119 cm³/mol. The van der Waals surface area contributed by atoms with Crippen LogP contribution in [0.5, 0.6) is 0 Å². The molecular formula is C24H22N6O. The predicted octanol–water partition coefficient (Wildman–Crippen LogP) is 3.29. The van der Waals surface area contributed by atoms with Gasteiger partial charge in [-0.15, -0.1) is 0 Å². The van der Waals surface area contributed by atoms with Crippen LogP contribution in [0.3, 0.4) is 0 Å². The molecule has 1 saturated heterocycles. The van der Waals surface area contributed by atoms with Gasteiger partial charge in [-0.25, -0.2) is 9.67 Å². The summed E-state index contributed by atoms with van der Waals surface area (Å²) >= 11 is 0. The molecule has 4 aromatic rings. The number of rotatable bonds is 4. The summed E-state index contributed by atoms with van der Waals surface area (Å²) in [5.74, 6) is 0.934. The van der Waals surface area contributed by atoms with E-state index in [1.54, 1.807) is 23.3 Å². The van der Waals surface area contributed by atoms with Gasteiger partial charge >= 0.3 is 0 Å². The van der Waals surface area contributed by atoms with E-state index in [9.17, 15) is 4.79 Å². The Hall–Kier alpha value is -4.00. The second-order valence-electron chi connectivity index (χ2n) is 7.38. The Morgan fingerprint density at radius 3 is 2.35 bits per heavy atom. The highest BCUT2D eigenvalue weighted by molar-refractivity contribution is 6.00. The van der Waals surface area contributed by atoms with Crippen LogP contribution in [0.25, 0.3) is 16.9 Å². The van der Waals surface area contributed by atoms with Crippen molar-refractivity contribution in [3.8, 4) is 16.9 Å². The maximum Gasteiger partial charge on any atom is 0.257 e. The molecule has 1 aliphatic rings. The fraction of sp³-hybridized carbons (Fsp3) is 0.167. The van der Waals surface area contributed by atoms with Crippen LogP contribution in [0.2, 0.25) is 0 Å². The smallest absolute Gasteiger partial charge is 0.257 e. The standard InChI is InChI=1S/C24H22N6O/c31-24(29-15-13-28(14-16-29)22-10-4-5-12-26-22)21-18-30(20-8-2-1-3-9-20)27-23(21)19-7-6-11-25-17-19/h1-12,17-18H,13-16H2. The first kappa shape index (κ1) is 19.0. The van der Waals surface area contributed by atoms with Gasteiger partial charge in [-0.3, -0.25) is 9.78 Å². The van der Waals surface area contributed by atoms with Gasteiger partial charge in [-0.05, 0) is 36.4 Å². The lowest BCUT2D eigenvalue weighted by Gasteiger charge is -2.35. The molecule has 3 aromatic heterocycles. The van der Waals surface area contributed by atoms with E-state index in [4.69, 9.17) is 5.10 Å². The SMILES string of the molecule is O=C(c1cn(-c2ccccc2)nc1-c1cccnc1)N1CCN(c2ccccn2)CC1. The van der Waals surface area contributed by atoms with E-state index < -0.39 is 0 Å². The number of hydrogen-bond donors (Lipinski definition) is 0. The van der Waals surface area contributed by atoms with Gasteiger partial charge in [-0.1, -0.05) is 24.3 Å². The van der Waals surface area contributed by atoms with Gasteiger partial charge in [0.15, 0.2) is 0 Å². The molecule has 0 spiro atoms. The van der Waals surface area contributed by atoms with E-state index in [0.29, 0.717) is 24.3 Å². The molecule has 1 fully saturated rings. The molecule has 0 radical (unpaired) electrons. The van der Waals surface area contributed by atoms with E-state index in [1.165, 1.54) is 0 Å². The number of carbonyl (C=O) groups excluding carboxylic acids is 1. The van der Waals surface area contributed by atoms with Crippen molar-refractivity contribution < 1.29 is 4.79 Å². The van der Waals surface area contributed by atoms with Crippen LogP contribution in [0, 0.1) is 0 Å². The van der Waals surface area contributed by atoms with Gasteiger partial charge in [-0.2, -0.15) is 5.10 Å². The minimum atomic E-state index is -0.0123. The lowest BCUT2D eigenvalue weighted by atomic mass is 10.1. The van der Waals surface area contributed by atoms with E-state index in [2.05, 4.69) is 14.9 Å². The highest BCUT2D eigenvalue weighted by Gasteiger charge is 2.27. The molecule has 0 bridgehead atoms. The van der Waals surface area contributed by atoms with E-state index in [1.807, 2.05) is 71.8 Å². The van der Waals surface area contributed by atoms with Crippen molar-refractivity contribution in [2.45, 2.75) is 0 Å². The van der Waals surface area contributed by atoms with Gasteiger partial charge < -0.3 is 9.80 Å². The summed E-state index contributed by atoms with van der Waals surface area (Å²) in [5.41, 5.74) is 2.97. The second kappa shape index (κ2) is 8.39. The van der Waals surface area contributed by atoms with Crippen LogP contribution in [-0.2, 0) is 0 Å². The topological polar surface area (TPSA) is 67.2 Å². The third-order valence-electron chi connectivity index (χ3n) is 5.44. The number of aromatic nitrogens is 4. The van der Waals surface area contributed by atoms with Crippen molar-refractivity contribution in [2.75, 3.05) is 31.1 Å². The minimum absolute atomic E-state index is 0.0123. The molecule has 1 aromatic carbocycles. The summed E-state index contributed by atoms with van der Waals surface area (Å²) in [7, 11) is 0. The van der Waals surface area contributed by atoms with Gasteiger partial charge in [0.25, 0.3) is 5.91 Å². The number of piperazine rings is 1. The van der Waals surface area contributed by atoms with E-state index in [0.717, 1.165) is 30.2 Å². The number of hydrogen-bond acceptors (Lipinski definition) is 5. The zero-order chi connectivity index (χ0) is 21.0. The fourth-order valence-electron chi connectivity index (χ4n) is 3.81. The van der Waals surface area contributed by atoms with Crippen molar-refractivity contribution in [1.29, 1.82) is 0 Å². The Morgan fingerprint density at radius 2 is 1.65 bits per heavy atom. The summed E-state index contributed by atoms with van der Waals surface area (Å²) in [6.45, 7) is 2.77. The average Bonchev–Trinajstić information content (AvgIpc) is 3.31. The number of amides is 1. The lowest BCUT2D eigenvalue weighted by Crippen LogP contribution is -2.49. The molecule has 1 amide bonds. The van der Waals surface area contributed by atoms with Crippen molar-refractivity contribution in [1.82, 2.24) is 24.6 Å². The van der Waals surface area contributed by atoms with E-state index >= 15 is 0 Å². The van der Waals surface area contributed by atoms with Crippen molar-refractivity contribution in [3.05, 3.63) is 91.0 Å². The second-order valence-corrected chi connectivity index (χ2v) is 7.38. The van der Waals surface area contributed by atoms with Crippen LogP contribution in [0.15, 0.2) is 85.5 Å². The normalized spacial score (nSPS) is 13.9. The highest BCUT2D eigenvalue weighted by atomic mass is 16.2. The highest BCUT2D eigenvalue weighted by Crippen LogP contribution is 2.25. The summed E-state index contributed by atoms with van der Waals surface area (Å²) in [6, 6.07) is 19.5. The molecule has 7 heteroatoms. The quantitative estimate of drug-likeness (QED) is 0.517. The van der Waals surface area contributed by atoms with Crippen LogP contribution in [0.1, 0.15) is 10.4 Å². The Bertz CT molecular complexity index is 1150. The molecule has 0 saturated carbocycles. The molecule has 0 unspecified atom stereocenters. The molecule has 0 atom stereocenters. The van der Waals surface area contributed by atoms with Crippen LogP contribution in [0.4, 0.5) is 5.82 Å². The van der Waals surface area contributed by atoms with Crippen molar-refractivity contribution >= 4 is 11.7 Å². The lowest BCUT2D eigenvalue weighted by molar-refractivity contribution is 0.0747. The number of carbonyl (C=O) groups is 1. The molecular weight excluding hydrogens is 388 g/mol. The molecule has 5 rings (SSSR count). The molecule has 0 N–H and O–H groups in total. The molecule has 31 heavy (non-hydrogen) atoms. The summed E-state index contributed by atoms with van der Waals surface area (Å²) in [6.07, 6.45) is 7.08. The fourth-order valence-corrected chi connectivity index (χ4v) is 3.81. The summed E-state index contributed by atoms with van der Waals surface area (Å²) in [5, 5.41) is 4.74. The molecule has 4 heterocycles.